The van der Waals surface area contributed by atoms with E-state index in [1.807, 2.05) is 6.07 Å². The summed E-state index contributed by atoms with van der Waals surface area (Å²) in [6.07, 6.45) is 0. The summed E-state index contributed by atoms with van der Waals surface area (Å²) in [5, 5.41) is 1.14. The molecule has 1 aromatic carbocycles. The molecule has 0 aliphatic carbocycles. The van der Waals surface area contributed by atoms with E-state index in [4.69, 9.17) is 10.5 Å². The van der Waals surface area contributed by atoms with Crippen LogP contribution >= 0.6 is 27.3 Å². The summed E-state index contributed by atoms with van der Waals surface area (Å²) in [6.45, 7) is 0.543. The molecule has 0 fully saturated rings. The molecule has 2 aromatic rings. The van der Waals surface area contributed by atoms with Gasteiger partial charge < -0.3 is 10.5 Å². The molecule has 1 aromatic heterocycles. The van der Waals surface area contributed by atoms with Crippen LogP contribution in [0.25, 0.3) is 10.1 Å². The van der Waals surface area contributed by atoms with Gasteiger partial charge >= 0.3 is 0 Å². The molecule has 1 heterocycles. The summed E-state index contributed by atoms with van der Waals surface area (Å²) in [5.41, 5.74) is 6.71. The summed E-state index contributed by atoms with van der Waals surface area (Å²) in [5.74, 6) is 0.893. The van der Waals surface area contributed by atoms with Gasteiger partial charge in [-0.2, -0.15) is 0 Å². The zero-order chi connectivity index (χ0) is 10.1. The topological polar surface area (TPSA) is 35.2 Å². The first-order chi connectivity index (χ1) is 6.74. The van der Waals surface area contributed by atoms with Crippen molar-refractivity contribution in [1.82, 2.24) is 0 Å². The molecule has 2 N–H and O–H groups in total. The van der Waals surface area contributed by atoms with Crippen molar-refractivity contribution in [2.24, 2.45) is 5.73 Å². The van der Waals surface area contributed by atoms with Gasteiger partial charge in [-0.1, -0.05) is 0 Å². The summed E-state index contributed by atoms with van der Waals surface area (Å²) < 4.78 is 7.63. The third kappa shape index (κ3) is 1.65. The summed E-state index contributed by atoms with van der Waals surface area (Å²) in [4.78, 5) is 0. The number of nitrogens with two attached hydrogens (primary N) is 1. The first kappa shape index (κ1) is 9.96. The van der Waals surface area contributed by atoms with Crippen molar-refractivity contribution in [1.29, 1.82) is 0 Å². The smallest absolute Gasteiger partial charge is 0.127 e. The highest BCUT2D eigenvalue weighted by Crippen LogP contribution is 2.36. The highest BCUT2D eigenvalue weighted by molar-refractivity contribution is 9.11. The van der Waals surface area contributed by atoms with E-state index >= 15 is 0 Å². The van der Waals surface area contributed by atoms with Crippen LogP contribution in [0.4, 0.5) is 0 Å². The van der Waals surface area contributed by atoms with Crippen LogP contribution in [0.5, 0.6) is 5.75 Å². The number of thiophene rings is 1. The lowest BCUT2D eigenvalue weighted by Gasteiger charge is -2.04. The molecule has 0 aliphatic heterocycles. The Bertz CT molecular complexity index is 466. The number of hydrogen-bond acceptors (Lipinski definition) is 3. The van der Waals surface area contributed by atoms with Crippen molar-refractivity contribution < 1.29 is 4.74 Å². The Labute approximate surface area is 94.8 Å². The number of hydrogen-bond donors (Lipinski definition) is 1. The van der Waals surface area contributed by atoms with Crippen molar-refractivity contribution in [3.63, 3.8) is 0 Å². The van der Waals surface area contributed by atoms with E-state index in [-0.39, 0.29) is 0 Å². The average molecular weight is 272 g/mol. The molecular weight excluding hydrogens is 262 g/mol. The van der Waals surface area contributed by atoms with Crippen molar-refractivity contribution in [2.45, 2.75) is 6.54 Å². The summed E-state index contributed by atoms with van der Waals surface area (Å²) >= 11 is 5.16. The van der Waals surface area contributed by atoms with Gasteiger partial charge in [0.15, 0.2) is 0 Å². The number of halogens is 1. The van der Waals surface area contributed by atoms with Gasteiger partial charge in [0, 0.05) is 16.6 Å². The molecule has 14 heavy (non-hydrogen) atoms. The number of ether oxygens (including phenoxy) is 1. The standard InChI is InChI=1S/C10H10BrNOS/c1-13-8-2-6(5-12)3-9-7(8)4-10(11)14-9/h2-4H,5,12H2,1H3. The lowest BCUT2D eigenvalue weighted by Crippen LogP contribution is -1.96. The second kappa shape index (κ2) is 3.88. The van der Waals surface area contributed by atoms with Crippen LogP contribution in [0.15, 0.2) is 22.0 Å². The van der Waals surface area contributed by atoms with E-state index in [1.54, 1.807) is 18.4 Å². The largest absolute Gasteiger partial charge is 0.496 e. The lowest BCUT2D eigenvalue weighted by molar-refractivity contribution is 0.419. The highest BCUT2D eigenvalue weighted by atomic mass is 79.9. The fourth-order valence-corrected chi connectivity index (χ4v) is 3.04. The second-order valence-corrected chi connectivity index (χ2v) is 5.43. The third-order valence-electron chi connectivity index (χ3n) is 2.08. The van der Waals surface area contributed by atoms with Gasteiger partial charge in [0.05, 0.1) is 10.9 Å². The normalized spacial score (nSPS) is 10.8. The molecule has 0 bridgehead atoms. The van der Waals surface area contributed by atoms with Crippen molar-refractivity contribution in [3.05, 3.63) is 27.5 Å². The van der Waals surface area contributed by atoms with E-state index in [2.05, 4.69) is 28.1 Å². The monoisotopic (exact) mass is 271 g/mol. The summed E-state index contributed by atoms with van der Waals surface area (Å²) in [7, 11) is 1.68. The van der Waals surface area contributed by atoms with Gasteiger partial charge in [0.25, 0.3) is 0 Å². The van der Waals surface area contributed by atoms with Crippen LogP contribution in [-0.2, 0) is 6.54 Å². The Morgan fingerprint density at radius 1 is 1.43 bits per heavy atom. The number of methoxy groups -OCH3 is 1. The fourth-order valence-electron chi connectivity index (χ4n) is 1.42. The van der Waals surface area contributed by atoms with E-state index < -0.39 is 0 Å². The van der Waals surface area contributed by atoms with Gasteiger partial charge in [0.1, 0.15) is 5.75 Å². The van der Waals surface area contributed by atoms with Crippen LogP contribution < -0.4 is 10.5 Å². The van der Waals surface area contributed by atoms with Crippen molar-refractivity contribution >= 4 is 37.4 Å². The maximum absolute atomic E-state index is 5.61. The first-order valence-corrected chi connectivity index (χ1v) is 5.81. The van der Waals surface area contributed by atoms with Gasteiger partial charge in [-0.25, -0.2) is 0 Å². The van der Waals surface area contributed by atoms with Crippen LogP contribution in [0.1, 0.15) is 5.56 Å². The van der Waals surface area contributed by atoms with Crippen LogP contribution in [0.2, 0.25) is 0 Å². The molecule has 0 radical (unpaired) electrons. The van der Waals surface area contributed by atoms with Crippen molar-refractivity contribution in [2.75, 3.05) is 7.11 Å². The van der Waals surface area contributed by atoms with Crippen molar-refractivity contribution in [3.8, 4) is 5.75 Å². The molecule has 0 amide bonds. The molecule has 2 nitrogen and oxygen atoms in total. The van der Waals surface area contributed by atoms with E-state index in [0.29, 0.717) is 6.54 Å². The molecule has 74 valence electrons. The van der Waals surface area contributed by atoms with E-state index in [1.165, 1.54) is 4.70 Å². The maximum atomic E-state index is 5.61. The Kier molecular flexibility index (Phi) is 2.76. The quantitative estimate of drug-likeness (QED) is 0.911. The van der Waals surface area contributed by atoms with Gasteiger partial charge in [-0.15, -0.1) is 11.3 Å². The Hall–Kier alpha value is -0.580. The fraction of sp³-hybridized carbons (Fsp3) is 0.200. The zero-order valence-corrected chi connectivity index (χ0v) is 10.1. The molecule has 4 heteroatoms. The van der Waals surface area contributed by atoms with Crippen LogP contribution in [-0.4, -0.2) is 7.11 Å². The molecule has 0 saturated heterocycles. The van der Waals surface area contributed by atoms with Crippen LogP contribution in [0, 0.1) is 0 Å². The minimum atomic E-state index is 0.543. The third-order valence-corrected chi connectivity index (χ3v) is 3.67. The van der Waals surface area contributed by atoms with Gasteiger partial charge in [-0.3, -0.25) is 0 Å². The Morgan fingerprint density at radius 2 is 2.21 bits per heavy atom. The molecular formula is C10H10BrNOS. The van der Waals surface area contributed by atoms with E-state index in [0.717, 1.165) is 20.5 Å². The Balaban J connectivity index is 2.72. The second-order valence-electron chi connectivity index (χ2n) is 2.96. The number of fused-ring (bicyclic) bond motifs is 1. The van der Waals surface area contributed by atoms with Gasteiger partial charge in [-0.05, 0) is 39.7 Å². The summed E-state index contributed by atoms with van der Waals surface area (Å²) in [6, 6.07) is 6.16. The minimum Gasteiger partial charge on any atom is -0.496 e. The molecule has 0 spiro atoms. The zero-order valence-electron chi connectivity index (χ0n) is 7.71. The average Bonchev–Trinajstić information content (AvgIpc) is 2.56. The highest BCUT2D eigenvalue weighted by Gasteiger charge is 2.07. The van der Waals surface area contributed by atoms with E-state index in [9.17, 15) is 0 Å². The number of rotatable bonds is 2. The predicted octanol–water partition coefficient (Wildman–Crippen LogP) is 3.13. The molecule has 0 aliphatic rings. The first-order valence-electron chi connectivity index (χ1n) is 4.20. The molecule has 0 saturated carbocycles. The minimum absolute atomic E-state index is 0.543. The maximum Gasteiger partial charge on any atom is 0.127 e. The SMILES string of the molecule is COc1cc(CN)cc2sc(Br)cc12. The molecule has 2 rings (SSSR count). The lowest BCUT2D eigenvalue weighted by atomic mass is 10.1. The molecule has 0 unspecified atom stereocenters. The predicted molar refractivity (Wildman–Crippen MR) is 64.0 cm³/mol. The number of benzene rings is 1. The van der Waals surface area contributed by atoms with Gasteiger partial charge in [0.2, 0.25) is 0 Å². The Morgan fingerprint density at radius 3 is 2.86 bits per heavy atom. The van der Waals surface area contributed by atoms with Crippen LogP contribution in [0.3, 0.4) is 0 Å². The molecule has 0 atom stereocenters.